The summed E-state index contributed by atoms with van der Waals surface area (Å²) in [5, 5.41) is 3.58. The average molecular weight is 288 g/mol. The molecule has 0 radical (unpaired) electrons. The van der Waals surface area contributed by atoms with Gasteiger partial charge < -0.3 is 0 Å². The molecule has 1 heterocycles. The summed E-state index contributed by atoms with van der Waals surface area (Å²) >= 11 is 3.89. The molecule has 0 aromatic heterocycles. The summed E-state index contributed by atoms with van der Waals surface area (Å²) in [6.07, 6.45) is 1.09. The Morgan fingerprint density at radius 1 is 0.941 bits per heavy atom. The maximum absolute atomic E-state index is 3.89. The van der Waals surface area contributed by atoms with Crippen molar-refractivity contribution in [3.8, 4) is 0 Å². The van der Waals surface area contributed by atoms with Gasteiger partial charge in [-0.15, -0.1) is 0 Å². The van der Waals surface area contributed by atoms with E-state index in [9.17, 15) is 0 Å². The van der Waals surface area contributed by atoms with E-state index in [-0.39, 0.29) is 4.45 Å². The van der Waals surface area contributed by atoms with E-state index in [0.29, 0.717) is 0 Å². The lowest BCUT2D eigenvalue weighted by atomic mass is 9.90. The molecule has 1 aliphatic heterocycles. The van der Waals surface area contributed by atoms with Gasteiger partial charge in [-0.25, -0.2) is 0 Å². The monoisotopic (exact) mass is 287 g/mol. The molecule has 0 spiro atoms. The van der Waals surface area contributed by atoms with E-state index in [0.717, 1.165) is 13.0 Å². The number of alkyl halides is 1. The molecule has 2 aromatic rings. The maximum Gasteiger partial charge on any atom is 0.126 e. The van der Waals surface area contributed by atoms with Crippen LogP contribution >= 0.6 is 15.9 Å². The van der Waals surface area contributed by atoms with Gasteiger partial charge in [0.25, 0.3) is 0 Å². The standard InChI is InChI=1S/C15H14BrN/c16-15(13-7-2-1-3-8-13)14-9-5-4-6-12(14)10-11-17-15/h1-9,17H,10-11H2. The van der Waals surface area contributed by atoms with Crippen molar-refractivity contribution in [2.75, 3.05) is 6.54 Å². The van der Waals surface area contributed by atoms with Gasteiger partial charge in [-0.1, -0.05) is 70.5 Å². The summed E-state index contributed by atoms with van der Waals surface area (Å²) in [7, 11) is 0. The van der Waals surface area contributed by atoms with Crippen LogP contribution in [0.3, 0.4) is 0 Å². The lowest BCUT2D eigenvalue weighted by Crippen LogP contribution is -2.43. The van der Waals surface area contributed by atoms with Crippen molar-refractivity contribution < 1.29 is 0 Å². The molecule has 1 nitrogen and oxygen atoms in total. The zero-order valence-electron chi connectivity index (χ0n) is 9.49. The summed E-state index contributed by atoms with van der Waals surface area (Å²) in [5.74, 6) is 0. The van der Waals surface area contributed by atoms with Gasteiger partial charge in [-0.3, -0.25) is 5.32 Å². The van der Waals surface area contributed by atoms with Crippen LogP contribution in [0, 0.1) is 0 Å². The van der Waals surface area contributed by atoms with Gasteiger partial charge in [0.1, 0.15) is 4.45 Å². The van der Waals surface area contributed by atoms with E-state index < -0.39 is 0 Å². The first-order valence-electron chi connectivity index (χ1n) is 5.88. The molecule has 3 rings (SSSR count). The van der Waals surface area contributed by atoms with Gasteiger partial charge in [0.2, 0.25) is 0 Å². The molecule has 0 aliphatic carbocycles. The topological polar surface area (TPSA) is 12.0 Å². The largest absolute Gasteiger partial charge is 0.294 e. The van der Waals surface area contributed by atoms with E-state index in [1.54, 1.807) is 0 Å². The van der Waals surface area contributed by atoms with Crippen molar-refractivity contribution in [3.05, 3.63) is 71.3 Å². The Morgan fingerprint density at radius 3 is 2.47 bits per heavy atom. The average Bonchev–Trinajstić information content (AvgIpc) is 2.40. The highest BCUT2D eigenvalue weighted by Gasteiger charge is 2.34. The highest BCUT2D eigenvalue weighted by atomic mass is 79.9. The molecule has 2 heteroatoms. The molecular weight excluding hydrogens is 274 g/mol. The van der Waals surface area contributed by atoms with Crippen LogP contribution < -0.4 is 5.32 Å². The minimum absolute atomic E-state index is 0.233. The third kappa shape index (κ3) is 1.81. The highest BCUT2D eigenvalue weighted by molar-refractivity contribution is 9.09. The Labute approximate surface area is 110 Å². The molecule has 1 N–H and O–H groups in total. The second kappa shape index (κ2) is 4.28. The summed E-state index contributed by atoms with van der Waals surface area (Å²) < 4.78 is -0.233. The zero-order chi connectivity index (χ0) is 11.7. The Hall–Kier alpha value is -1.12. The molecule has 0 bridgehead atoms. The molecule has 2 aromatic carbocycles. The number of hydrogen-bond donors (Lipinski definition) is 1. The van der Waals surface area contributed by atoms with Gasteiger partial charge in [-0.05, 0) is 23.1 Å². The first-order chi connectivity index (χ1) is 8.31. The van der Waals surface area contributed by atoms with Crippen LogP contribution in [0.5, 0.6) is 0 Å². The zero-order valence-corrected chi connectivity index (χ0v) is 11.1. The third-order valence-corrected chi connectivity index (χ3v) is 4.49. The second-order valence-electron chi connectivity index (χ2n) is 4.36. The van der Waals surface area contributed by atoms with Crippen LogP contribution in [0.2, 0.25) is 0 Å². The van der Waals surface area contributed by atoms with Crippen LogP contribution in [0.25, 0.3) is 0 Å². The second-order valence-corrected chi connectivity index (χ2v) is 5.55. The van der Waals surface area contributed by atoms with Crippen molar-refractivity contribution in [1.29, 1.82) is 0 Å². The van der Waals surface area contributed by atoms with Crippen molar-refractivity contribution in [3.63, 3.8) is 0 Å². The number of benzene rings is 2. The third-order valence-electron chi connectivity index (χ3n) is 3.32. The molecule has 0 saturated carbocycles. The molecule has 1 aliphatic rings. The predicted octanol–water partition coefficient (Wildman–Crippen LogP) is 3.43. The Balaban J connectivity index is 2.16. The number of fused-ring (bicyclic) bond motifs is 1. The molecule has 1 atom stereocenters. The van der Waals surface area contributed by atoms with E-state index in [1.807, 2.05) is 0 Å². The lowest BCUT2D eigenvalue weighted by Gasteiger charge is -2.35. The van der Waals surface area contributed by atoms with Crippen LogP contribution in [0.15, 0.2) is 54.6 Å². The molecule has 0 fully saturated rings. The SMILES string of the molecule is BrC1(c2ccccc2)NCCc2ccccc21. The van der Waals surface area contributed by atoms with Gasteiger partial charge >= 0.3 is 0 Å². The maximum atomic E-state index is 3.89. The van der Waals surface area contributed by atoms with Crippen LogP contribution in [0.4, 0.5) is 0 Å². The van der Waals surface area contributed by atoms with Crippen molar-refractivity contribution in [2.45, 2.75) is 10.9 Å². The van der Waals surface area contributed by atoms with Gasteiger partial charge in [0.05, 0.1) is 0 Å². The Kier molecular flexibility index (Phi) is 2.77. The number of hydrogen-bond acceptors (Lipinski definition) is 1. The number of nitrogens with one attached hydrogen (secondary N) is 1. The van der Waals surface area contributed by atoms with E-state index in [4.69, 9.17) is 0 Å². The van der Waals surface area contributed by atoms with Gasteiger partial charge in [-0.2, -0.15) is 0 Å². The number of rotatable bonds is 1. The molecule has 1 unspecified atom stereocenters. The van der Waals surface area contributed by atoms with Gasteiger partial charge in [0, 0.05) is 6.54 Å². The normalized spacial score (nSPS) is 23.1. The van der Waals surface area contributed by atoms with Gasteiger partial charge in [0.15, 0.2) is 0 Å². The lowest BCUT2D eigenvalue weighted by molar-refractivity contribution is 0.534. The molecule has 17 heavy (non-hydrogen) atoms. The van der Waals surface area contributed by atoms with Crippen molar-refractivity contribution >= 4 is 15.9 Å². The fourth-order valence-corrected chi connectivity index (χ4v) is 3.31. The molecular formula is C15H14BrN. The summed E-state index contributed by atoms with van der Waals surface area (Å²) in [6.45, 7) is 0.997. The fraction of sp³-hybridized carbons (Fsp3) is 0.200. The molecule has 0 amide bonds. The molecule has 0 saturated heterocycles. The summed E-state index contributed by atoms with van der Waals surface area (Å²) in [5.41, 5.74) is 4.01. The first-order valence-corrected chi connectivity index (χ1v) is 6.68. The van der Waals surface area contributed by atoms with Crippen LogP contribution in [0.1, 0.15) is 16.7 Å². The molecule has 86 valence electrons. The van der Waals surface area contributed by atoms with Crippen LogP contribution in [-0.4, -0.2) is 6.54 Å². The quantitative estimate of drug-likeness (QED) is 0.626. The van der Waals surface area contributed by atoms with E-state index in [2.05, 4.69) is 75.8 Å². The van der Waals surface area contributed by atoms with Crippen molar-refractivity contribution in [1.82, 2.24) is 5.32 Å². The minimum atomic E-state index is -0.233. The number of halogens is 1. The minimum Gasteiger partial charge on any atom is -0.294 e. The smallest absolute Gasteiger partial charge is 0.126 e. The summed E-state index contributed by atoms with van der Waals surface area (Å²) in [4.78, 5) is 0. The Bertz CT molecular complexity index is 523. The first kappa shape index (κ1) is 11.0. The Morgan fingerprint density at radius 2 is 1.65 bits per heavy atom. The van der Waals surface area contributed by atoms with Crippen LogP contribution in [-0.2, 0) is 10.9 Å². The highest BCUT2D eigenvalue weighted by Crippen LogP contribution is 2.39. The fourth-order valence-electron chi connectivity index (χ4n) is 2.46. The predicted molar refractivity (Wildman–Crippen MR) is 74.3 cm³/mol. The van der Waals surface area contributed by atoms with Crippen molar-refractivity contribution in [2.24, 2.45) is 0 Å². The summed E-state index contributed by atoms with van der Waals surface area (Å²) in [6, 6.07) is 19.2. The van der Waals surface area contributed by atoms with E-state index >= 15 is 0 Å². The van der Waals surface area contributed by atoms with E-state index in [1.165, 1.54) is 16.7 Å².